The predicted octanol–water partition coefficient (Wildman–Crippen LogP) is 4.49. The van der Waals surface area contributed by atoms with Crippen LogP contribution in [0.5, 0.6) is 5.75 Å². The van der Waals surface area contributed by atoms with Crippen molar-refractivity contribution < 1.29 is 44.1 Å². The van der Waals surface area contributed by atoms with E-state index in [1.807, 2.05) is 6.08 Å². The Balaban J connectivity index is 1.31. The zero-order valence-electron chi connectivity index (χ0n) is 23.9. The van der Waals surface area contributed by atoms with Crippen LogP contribution >= 0.6 is 11.6 Å². The lowest BCUT2D eigenvalue weighted by Gasteiger charge is -2.44. The van der Waals surface area contributed by atoms with Gasteiger partial charge in [0.15, 0.2) is 0 Å². The molecule has 3 aromatic rings. The minimum atomic E-state index is -1.16. The van der Waals surface area contributed by atoms with E-state index < -0.39 is 71.1 Å². The smallest absolute Gasteiger partial charge is 0.335 e. The molecule has 4 aliphatic rings. The molecular weight excluding hydrogens is 616 g/mol. The van der Waals surface area contributed by atoms with E-state index in [-0.39, 0.29) is 46.1 Å². The Kier molecular flexibility index (Phi) is 6.82. The largest absolute Gasteiger partial charge is 0.508 e. The third-order valence-electron chi connectivity index (χ3n) is 9.71. The first-order chi connectivity index (χ1) is 22.0. The topological polar surface area (TPSA) is 170 Å². The molecule has 11 nitrogen and oxygen atoms in total. The number of carboxylic acids is 2. The number of phenolic OH excluding ortho intramolecular Hbond substituents is 1. The molecule has 7 rings (SSSR count). The number of allylic oxidation sites excluding steroid dienone is 2. The number of aromatic carboxylic acids is 2. The molecule has 3 aromatic carbocycles. The molecule has 3 fully saturated rings. The van der Waals surface area contributed by atoms with Gasteiger partial charge in [-0.1, -0.05) is 29.3 Å². The summed E-state index contributed by atoms with van der Waals surface area (Å²) in [6.07, 6.45) is 2.18. The SMILES string of the molecule is O=C(O)c1ccc(N2C(=O)[C@H]3[C@H](CC=C4[C@H]3C[C@H]3C(=O)N(c5ccc(C(=O)O)cc5)C(=O)[C@H]3[C@H]4c3ccc(O)cc3Cl)C2=O)cc1. The van der Waals surface area contributed by atoms with Crippen molar-refractivity contribution in [1.29, 1.82) is 0 Å². The predicted molar refractivity (Wildman–Crippen MR) is 162 cm³/mol. The van der Waals surface area contributed by atoms with Crippen molar-refractivity contribution >= 4 is 58.5 Å². The number of phenols is 1. The number of rotatable bonds is 5. The molecule has 1 saturated carbocycles. The van der Waals surface area contributed by atoms with Gasteiger partial charge in [0.25, 0.3) is 0 Å². The summed E-state index contributed by atoms with van der Waals surface area (Å²) in [5.74, 6) is -8.98. The van der Waals surface area contributed by atoms with Crippen LogP contribution in [0.4, 0.5) is 11.4 Å². The number of carbonyl (C=O) groups is 6. The number of carbonyl (C=O) groups excluding carboxylic acids is 4. The molecule has 3 N–H and O–H groups in total. The van der Waals surface area contributed by atoms with Gasteiger partial charge in [0.2, 0.25) is 23.6 Å². The Bertz CT molecular complexity index is 1900. The minimum Gasteiger partial charge on any atom is -0.508 e. The van der Waals surface area contributed by atoms with E-state index in [1.54, 1.807) is 6.07 Å². The molecule has 0 unspecified atom stereocenters. The number of fused-ring (bicyclic) bond motifs is 4. The van der Waals surface area contributed by atoms with Gasteiger partial charge in [-0.25, -0.2) is 9.59 Å². The van der Waals surface area contributed by atoms with Crippen LogP contribution in [0.25, 0.3) is 0 Å². The van der Waals surface area contributed by atoms with Crippen LogP contribution in [0, 0.1) is 29.6 Å². The molecule has 0 radical (unpaired) electrons. The summed E-state index contributed by atoms with van der Waals surface area (Å²) >= 11 is 6.65. The zero-order chi connectivity index (χ0) is 32.6. The molecule has 0 aromatic heterocycles. The molecule has 2 aliphatic carbocycles. The average molecular weight is 641 g/mol. The minimum absolute atomic E-state index is 0.00252. The standard InChI is InChI=1S/C34H25ClN2O9/c35-25-13-19(38)9-10-21(25)26-20-11-12-22-27(31(41)36(29(22)39)17-5-1-15(2-6-17)33(43)44)23(20)14-24-28(26)32(42)37(30(24)40)18-7-3-16(4-8-18)34(45)46/h1-11,13,22-24,26-28,38H,12,14H2,(H,43,44)(H,45,46)/t22-,23+,24+,26+,27-,28+/m0/s1. The van der Waals surface area contributed by atoms with E-state index in [4.69, 9.17) is 11.6 Å². The molecule has 232 valence electrons. The molecule has 0 bridgehead atoms. The second-order valence-corrected chi connectivity index (χ2v) is 12.4. The van der Waals surface area contributed by atoms with Crippen molar-refractivity contribution in [2.24, 2.45) is 29.6 Å². The van der Waals surface area contributed by atoms with E-state index >= 15 is 0 Å². The fraction of sp³-hybridized carbons (Fsp3) is 0.235. The fourth-order valence-corrected chi connectivity index (χ4v) is 8.01. The summed E-state index contributed by atoms with van der Waals surface area (Å²) in [5, 5.41) is 28.9. The van der Waals surface area contributed by atoms with Crippen LogP contribution in [0.2, 0.25) is 5.02 Å². The maximum Gasteiger partial charge on any atom is 0.335 e. The summed E-state index contributed by atoms with van der Waals surface area (Å²) in [6.45, 7) is 0. The van der Waals surface area contributed by atoms with E-state index in [9.17, 15) is 44.1 Å². The molecule has 2 aliphatic heterocycles. The van der Waals surface area contributed by atoms with Crippen LogP contribution < -0.4 is 9.80 Å². The monoisotopic (exact) mass is 640 g/mol. The van der Waals surface area contributed by atoms with Crippen LogP contribution in [-0.4, -0.2) is 50.9 Å². The molecule has 2 heterocycles. The second-order valence-electron chi connectivity index (χ2n) is 12.0. The quantitative estimate of drug-likeness (QED) is 0.269. The Morgan fingerprint density at radius 1 is 0.674 bits per heavy atom. The number of hydrogen-bond acceptors (Lipinski definition) is 7. The molecule has 6 atom stereocenters. The summed E-state index contributed by atoms with van der Waals surface area (Å²) in [6, 6.07) is 15.2. The zero-order valence-corrected chi connectivity index (χ0v) is 24.6. The molecule has 4 amide bonds. The normalized spacial score (nSPS) is 26.8. The van der Waals surface area contributed by atoms with Gasteiger partial charge < -0.3 is 15.3 Å². The lowest BCUT2D eigenvalue weighted by molar-refractivity contribution is -0.126. The maximum atomic E-state index is 14.2. The Morgan fingerprint density at radius 3 is 1.72 bits per heavy atom. The highest BCUT2D eigenvalue weighted by atomic mass is 35.5. The summed E-state index contributed by atoms with van der Waals surface area (Å²) in [7, 11) is 0. The number of anilines is 2. The molecule has 2 saturated heterocycles. The van der Waals surface area contributed by atoms with Crippen LogP contribution in [0.15, 0.2) is 78.4 Å². The van der Waals surface area contributed by atoms with E-state index in [2.05, 4.69) is 0 Å². The van der Waals surface area contributed by atoms with Crippen molar-refractivity contribution in [3.05, 3.63) is 100 Å². The van der Waals surface area contributed by atoms with Gasteiger partial charge in [0.1, 0.15) is 5.75 Å². The number of hydrogen-bond donors (Lipinski definition) is 3. The number of carboxylic acid groups (broad SMARTS) is 2. The summed E-state index contributed by atoms with van der Waals surface area (Å²) in [4.78, 5) is 80.9. The van der Waals surface area contributed by atoms with Crippen molar-refractivity contribution in [3.63, 3.8) is 0 Å². The van der Waals surface area contributed by atoms with Gasteiger partial charge in [0.05, 0.1) is 46.2 Å². The van der Waals surface area contributed by atoms with Gasteiger partial charge in [-0.3, -0.25) is 29.0 Å². The third-order valence-corrected chi connectivity index (χ3v) is 10.0. The number of halogens is 1. The Labute approximate surface area is 266 Å². The van der Waals surface area contributed by atoms with Crippen molar-refractivity contribution in [2.45, 2.75) is 18.8 Å². The van der Waals surface area contributed by atoms with E-state index in [0.29, 0.717) is 11.1 Å². The Morgan fingerprint density at radius 2 is 1.20 bits per heavy atom. The van der Waals surface area contributed by atoms with Gasteiger partial charge in [-0.15, -0.1) is 0 Å². The average Bonchev–Trinajstić information content (AvgIpc) is 3.44. The lowest BCUT2D eigenvalue weighted by atomic mass is 9.57. The number of imide groups is 2. The Hall–Kier alpha value is -5.29. The van der Waals surface area contributed by atoms with Gasteiger partial charge >= 0.3 is 11.9 Å². The number of amides is 4. The first kappa shape index (κ1) is 29.4. The maximum absolute atomic E-state index is 14.2. The van der Waals surface area contributed by atoms with Crippen molar-refractivity contribution in [2.75, 3.05) is 9.80 Å². The van der Waals surface area contributed by atoms with Crippen LogP contribution in [-0.2, 0) is 19.2 Å². The number of benzene rings is 3. The molecule has 46 heavy (non-hydrogen) atoms. The summed E-state index contributed by atoms with van der Waals surface area (Å²) < 4.78 is 0. The lowest BCUT2D eigenvalue weighted by Crippen LogP contribution is -2.43. The summed E-state index contributed by atoms with van der Waals surface area (Å²) in [5.41, 5.74) is 1.65. The second kappa shape index (κ2) is 10.7. The number of nitrogens with zero attached hydrogens (tertiary/aromatic N) is 2. The molecule has 0 spiro atoms. The van der Waals surface area contributed by atoms with Gasteiger partial charge in [0, 0.05) is 10.9 Å². The van der Waals surface area contributed by atoms with Gasteiger partial charge in [-0.05, 0) is 85.0 Å². The van der Waals surface area contributed by atoms with E-state index in [0.717, 1.165) is 9.80 Å². The van der Waals surface area contributed by atoms with Crippen LogP contribution in [0.3, 0.4) is 0 Å². The first-order valence-electron chi connectivity index (χ1n) is 14.6. The third kappa shape index (κ3) is 4.33. The molecular formula is C34H25ClN2O9. The van der Waals surface area contributed by atoms with Crippen LogP contribution in [0.1, 0.15) is 45.0 Å². The highest BCUT2D eigenvalue weighted by Crippen LogP contribution is 2.59. The highest BCUT2D eigenvalue weighted by Gasteiger charge is 2.62. The van der Waals surface area contributed by atoms with Crippen molar-refractivity contribution in [3.8, 4) is 5.75 Å². The van der Waals surface area contributed by atoms with Crippen molar-refractivity contribution in [1.82, 2.24) is 0 Å². The highest BCUT2D eigenvalue weighted by molar-refractivity contribution is 6.32. The first-order valence-corrected chi connectivity index (χ1v) is 15.0. The molecule has 12 heteroatoms. The van der Waals surface area contributed by atoms with Gasteiger partial charge in [-0.2, -0.15) is 0 Å². The fourth-order valence-electron chi connectivity index (χ4n) is 7.72. The van der Waals surface area contributed by atoms with E-state index in [1.165, 1.54) is 60.7 Å². The number of aromatic hydroxyl groups is 1.